The van der Waals surface area contributed by atoms with Crippen LogP contribution in [0.2, 0.25) is 0 Å². The molecular formula is C17H24N4O2S. The Kier molecular flexibility index (Phi) is 6.39. The summed E-state index contributed by atoms with van der Waals surface area (Å²) in [7, 11) is 0. The largest absolute Gasteiger partial charge is 0.414 e. The lowest BCUT2D eigenvalue weighted by Gasteiger charge is -2.13. The number of rotatable bonds is 7. The van der Waals surface area contributed by atoms with Gasteiger partial charge in [-0.1, -0.05) is 49.7 Å². The van der Waals surface area contributed by atoms with Gasteiger partial charge < -0.3 is 15.5 Å². The van der Waals surface area contributed by atoms with Crippen molar-refractivity contribution in [3.05, 3.63) is 35.2 Å². The van der Waals surface area contributed by atoms with Gasteiger partial charge in [0.1, 0.15) is 0 Å². The van der Waals surface area contributed by atoms with E-state index < -0.39 is 0 Å². The van der Waals surface area contributed by atoms with Crippen LogP contribution in [-0.2, 0) is 4.79 Å². The van der Waals surface area contributed by atoms with Gasteiger partial charge in [-0.15, -0.1) is 10.2 Å². The van der Waals surface area contributed by atoms with Crippen molar-refractivity contribution in [2.75, 3.05) is 11.1 Å². The number of hydrogen-bond acceptors (Lipinski definition) is 6. The van der Waals surface area contributed by atoms with Gasteiger partial charge in [0.25, 0.3) is 5.22 Å². The van der Waals surface area contributed by atoms with Gasteiger partial charge in [0.2, 0.25) is 11.8 Å². The minimum Gasteiger partial charge on any atom is -0.414 e. The summed E-state index contributed by atoms with van der Waals surface area (Å²) >= 11 is 1.21. The number of nitrogens with two attached hydrogens (primary N) is 1. The first-order valence-corrected chi connectivity index (χ1v) is 8.98. The van der Waals surface area contributed by atoms with Gasteiger partial charge in [-0.3, -0.25) is 4.79 Å². The standard InChI is InChI=1S/C17H24N4O2S/c1-5-11(3)15(18)16-20-21-17(23-16)24-9-14(22)19-13-7-6-10(2)8-12(13)4/h6-8,11,15H,5,9,18H2,1-4H3,(H,19,22)/t11-,15-/m0/s1. The lowest BCUT2D eigenvalue weighted by atomic mass is 10.0. The van der Waals surface area contributed by atoms with Gasteiger partial charge in [-0.05, 0) is 31.4 Å². The highest BCUT2D eigenvalue weighted by Gasteiger charge is 2.20. The second-order valence-corrected chi connectivity index (χ2v) is 6.90. The summed E-state index contributed by atoms with van der Waals surface area (Å²) < 4.78 is 5.54. The number of nitrogens with zero attached hydrogens (tertiary/aromatic N) is 2. The number of hydrogen-bond donors (Lipinski definition) is 2. The number of anilines is 1. The van der Waals surface area contributed by atoms with E-state index in [1.807, 2.05) is 39.0 Å². The number of amides is 1. The van der Waals surface area contributed by atoms with Gasteiger partial charge >= 0.3 is 0 Å². The van der Waals surface area contributed by atoms with Crippen LogP contribution in [0.25, 0.3) is 0 Å². The first-order chi connectivity index (χ1) is 11.4. The van der Waals surface area contributed by atoms with Crippen molar-refractivity contribution in [1.29, 1.82) is 0 Å². The highest BCUT2D eigenvalue weighted by molar-refractivity contribution is 7.99. The molecule has 0 spiro atoms. The first kappa shape index (κ1) is 18.5. The fourth-order valence-corrected chi connectivity index (χ4v) is 2.75. The van der Waals surface area contributed by atoms with E-state index in [-0.39, 0.29) is 23.6 Å². The van der Waals surface area contributed by atoms with Crippen molar-refractivity contribution in [3.63, 3.8) is 0 Å². The van der Waals surface area contributed by atoms with Gasteiger partial charge in [0.05, 0.1) is 11.8 Å². The van der Waals surface area contributed by atoms with Crippen LogP contribution in [0.15, 0.2) is 27.8 Å². The summed E-state index contributed by atoms with van der Waals surface area (Å²) in [6.45, 7) is 8.09. The number of carbonyl (C=O) groups excluding carboxylic acids is 1. The SMILES string of the molecule is CC[C@H](C)[C@H](N)c1nnc(SCC(=O)Nc2ccc(C)cc2C)o1. The molecule has 24 heavy (non-hydrogen) atoms. The molecule has 1 aromatic heterocycles. The lowest BCUT2D eigenvalue weighted by Crippen LogP contribution is -2.18. The van der Waals surface area contributed by atoms with E-state index in [0.717, 1.165) is 23.2 Å². The molecule has 1 aromatic carbocycles. The van der Waals surface area contributed by atoms with E-state index >= 15 is 0 Å². The number of aryl methyl sites for hydroxylation is 2. The van der Waals surface area contributed by atoms with E-state index in [9.17, 15) is 4.79 Å². The van der Waals surface area contributed by atoms with Gasteiger partial charge in [0, 0.05) is 5.69 Å². The Labute approximate surface area is 146 Å². The summed E-state index contributed by atoms with van der Waals surface area (Å²) in [6.07, 6.45) is 0.935. The van der Waals surface area contributed by atoms with E-state index in [0.29, 0.717) is 11.1 Å². The Morgan fingerprint density at radius 3 is 2.79 bits per heavy atom. The molecule has 0 fully saturated rings. The molecule has 2 aromatic rings. The first-order valence-electron chi connectivity index (χ1n) is 7.99. The molecule has 0 bridgehead atoms. The third-order valence-corrected chi connectivity index (χ3v) is 4.77. The summed E-state index contributed by atoms with van der Waals surface area (Å²) in [6, 6.07) is 5.63. The third-order valence-electron chi connectivity index (χ3n) is 3.95. The predicted molar refractivity (Wildman–Crippen MR) is 96.0 cm³/mol. The topological polar surface area (TPSA) is 94.0 Å². The zero-order chi connectivity index (χ0) is 17.7. The molecule has 0 aliphatic heterocycles. The molecule has 0 saturated carbocycles. The fraction of sp³-hybridized carbons (Fsp3) is 0.471. The Bertz CT molecular complexity index is 702. The van der Waals surface area contributed by atoms with Crippen LogP contribution in [0.5, 0.6) is 0 Å². The van der Waals surface area contributed by atoms with Crippen molar-refractivity contribution in [3.8, 4) is 0 Å². The van der Waals surface area contributed by atoms with Crippen LogP contribution < -0.4 is 11.1 Å². The second-order valence-electron chi connectivity index (χ2n) is 5.97. The number of thioether (sulfide) groups is 1. The Morgan fingerprint density at radius 2 is 2.12 bits per heavy atom. The number of carbonyl (C=O) groups is 1. The van der Waals surface area contributed by atoms with Crippen molar-refractivity contribution < 1.29 is 9.21 Å². The van der Waals surface area contributed by atoms with E-state index in [4.69, 9.17) is 10.2 Å². The highest BCUT2D eigenvalue weighted by Crippen LogP contribution is 2.24. The van der Waals surface area contributed by atoms with E-state index in [1.165, 1.54) is 11.8 Å². The molecule has 6 nitrogen and oxygen atoms in total. The number of nitrogens with one attached hydrogen (secondary N) is 1. The minimum absolute atomic E-state index is 0.113. The van der Waals surface area contributed by atoms with Crippen LogP contribution in [0.1, 0.15) is 43.3 Å². The summed E-state index contributed by atoms with van der Waals surface area (Å²) in [4.78, 5) is 12.1. The van der Waals surface area contributed by atoms with Crippen LogP contribution >= 0.6 is 11.8 Å². The van der Waals surface area contributed by atoms with Crippen molar-refractivity contribution in [1.82, 2.24) is 10.2 Å². The molecule has 0 radical (unpaired) electrons. The van der Waals surface area contributed by atoms with Gasteiger partial charge in [-0.25, -0.2) is 0 Å². The molecule has 0 aliphatic rings. The van der Waals surface area contributed by atoms with Crippen molar-refractivity contribution in [2.24, 2.45) is 11.7 Å². The molecule has 0 saturated heterocycles. The minimum atomic E-state index is -0.277. The fourth-order valence-electron chi connectivity index (χ4n) is 2.18. The molecule has 0 aliphatic carbocycles. The summed E-state index contributed by atoms with van der Waals surface area (Å²) in [5, 5.41) is 11.2. The maximum atomic E-state index is 12.1. The molecule has 2 atom stereocenters. The zero-order valence-corrected chi connectivity index (χ0v) is 15.3. The maximum Gasteiger partial charge on any atom is 0.277 e. The highest BCUT2D eigenvalue weighted by atomic mass is 32.2. The van der Waals surface area contributed by atoms with Gasteiger partial charge in [-0.2, -0.15) is 0 Å². The van der Waals surface area contributed by atoms with Gasteiger partial charge in [0.15, 0.2) is 0 Å². The van der Waals surface area contributed by atoms with Crippen LogP contribution in [0.4, 0.5) is 5.69 Å². The third kappa shape index (κ3) is 4.82. The Morgan fingerprint density at radius 1 is 1.38 bits per heavy atom. The molecule has 0 unspecified atom stereocenters. The molecule has 2 rings (SSSR count). The smallest absolute Gasteiger partial charge is 0.277 e. The Balaban J connectivity index is 1.89. The molecule has 3 N–H and O–H groups in total. The average Bonchev–Trinajstić information content (AvgIpc) is 3.03. The molecule has 130 valence electrons. The van der Waals surface area contributed by atoms with Crippen molar-refractivity contribution in [2.45, 2.75) is 45.4 Å². The summed E-state index contributed by atoms with van der Waals surface area (Å²) in [5.74, 6) is 0.767. The quantitative estimate of drug-likeness (QED) is 0.744. The predicted octanol–water partition coefficient (Wildman–Crippen LogP) is 3.46. The van der Waals surface area contributed by atoms with Crippen molar-refractivity contribution >= 4 is 23.4 Å². The molecular weight excluding hydrogens is 324 g/mol. The van der Waals surface area contributed by atoms with E-state index in [2.05, 4.69) is 22.4 Å². The monoisotopic (exact) mass is 348 g/mol. The van der Waals surface area contributed by atoms with E-state index in [1.54, 1.807) is 0 Å². The summed E-state index contributed by atoms with van der Waals surface area (Å²) in [5.41, 5.74) is 9.08. The average molecular weight is 348 g/mol. The molecule has 7 heteroatoms. The Hall–Kier alpha value is -1.86. The van der Waals surface area contributed by atoms with Crippen LogP contribution in [0, 0.1) is 19.8 Å². The van der Waals surface area contributed by atoms with Crippen LogP contribution in [-0.4, -0.2) is 21.9 Å². The molecule has 1 amide bonds. The number of benzene rings is 1. The lowest BCUT2D eigenvalue weighted by molar-refractivity contribution is -0.113. The zero-order valence-electron chi connectivity index (χ0n) is 14.5. The normalized spacial score (nSPS) is 13.5. The van der Waals surface area contributed by atoms with Crippen LogP contribution in [0.3, 0.4) is 0 Å². The number of aromatic nitrogens is 2. The molecule has 1 heterocycles. The maximum absolute atomic E-state index is 12.1. The second kappa shape index (κ2) is 8.30.